The lowest BCUT2D eigenvalue weighted by Gasteiger charge is -2.04. The molecule has 1 aromatic carbocycles. The van der Waals surface area contributed by atoms with E-state index in [2.05, 4.69) is 0 Å². The Morgan fingerprint density at radius 3 is 2.78 bits per heavy atom. The van der Waals surface area contributed by atoms with Crippen LogP contribution in [0.5, 0.6) is 0 Å². The molecule has 0 aliphatic rings. The van der Waals surface area contributed by atoms with E-state index in [1.54, 1.807) is 13.0 Å². The van der Waals surface area contributed by atoms with E-state index in [0.29, 0.717) is 22.2 Å². The highest BCUT2D eigenvalue weighted by Crippen LogP contribution is 2.37. The molecule has 1 aromatic heterocycles. The van der Waals surface area contributed by atoms with Gasteiger partial charge in [0.25, 0.3) is 0 Å². The Morgan fingerprint density at radius 1 is 1.39 bits per heavy atom. The van der Waals surface area contributed by atoms with Crippen LogP contribution in [0.1, 0.15) is 16.6 Å². The summed E-state index contributed by atoms with van der Waals surface area (Å²) in [4.78, 5) is 12.1. The molecule has 18 heavy (non-hydrogen) atoms. The molecule has 5 heteroatoms. The van der Waals surface area contributed by atoms with E-state index in [-0.39, 0.29) is 0 Å². The Kier molecular flexibility index (Phi) is 3.89. The van der Waals surface area contributed by atoms with Crippen molar-refractivity contribution in [2.45, 2.75) is 6.92 Å². The molecule has 0 atom stereocenters. The monoisotopic (exact) mass is 281 g/mol. The fraction of sp³-hybridized carbons (Fsp3) is 0.154. The molecule has 94 valence electrons. The minimum atomic E-state index is -0.390. The summed E-state index contributed by atoms with van der Waals surface area (Å²) in [6.07, 6.45) is 0. The van der Waals surface area contributed by atoms with E-state index in [4.69, 9.17) is 22.1 Å². The first kappa shape index (κ1) is 12.9. The minimum Gasteiger partial charge on any atom is -0.462 e. The van der Waals surface area contributed by atoms with Gasteiger partial charge in [-0.25, -0.2) is 4.79 Å². The van der Waals surface area contributed by atoms with Gasteiger partial charge in [-0.15, -0.1) is 11.3 Å². The molecule has 0 amide bonds. The number of benzene rings is 1. The molecule has 0 aliphatic carbocycles. The number of nitrogens with two attached hydrogens (primary N) is 1. The van der Waals surface area contributed by atoms with Gasteiger partial charge in [-0.05, 0) is 13.0 Å². The van der Waals surface area contributed by atoms with Gasteiger partial charge in [0.15, 0.2) is 0 Å². The standard InChI is InChI=1S/C13H12ClNO2S/c1-2-17-13(16)12-11(15)9(7-18-12)8-5-3-4-6-10(8)14/h3-7H,2,15H2,1H3. The molecule has 2 rings (SSSR count). The van der Waals surface area contributed by atoms with Gasteiger partial charge in [-0.1, -0.05) is 29.8 Å². The van der Waals surface area contributed by atoms with Crippen molar-refractivity contribution in [3.63, 3.8) is 0 Å². The number of esters is 1. The summed E-state index contributed by atoms with van der Waals surface area (Å²) in [6, 6.07) is 7.39. The summed E-state index contributed by atoms with van der Waals surface area (Å²) in [7, 11) is 0. The van der Waals surface area contributed by atoms with Crippen LogP contribution in [0.3, 0.4) is 0 Å². The van der Waals surface area contributed by atoms with E-state index < -0.39 is 5.97 Å². The number of rotatable bonds is 3. The maximum Gasteiger partial charge on any atom is 0.350 e. The average Bonchev–Trinajstić information content (AvgIpc) is 2.72. The predicted octanol–water partition coefficient (Wildman–Crippen LogP) is 3.83. The van der Waals surface area contributed by atoms with Crippen LogP contribution in [0.15, 0.2) is 29.6 Å². The lowest BCUT2D eigenvalue weighted by Crippen LogP contribution is -2.05. The quantitative estimate of drug-likeness (QED) is 0.870. The Labute approximate surface area is 114 Å². The number of hydrogen-bond donors (Lipinski definition) is 1. The molecule has 2 N–H and O–H groups in total. The lowest BCUT2D eigenvalue weighted by molar-refractivity contribution is 0.0533. The zero-order chi connectivity index (χ0) is 13.1. The van der Waals surface area contributed by atoms with Crippen LogP contribution in [-0.2, 0) is 4.74 Å². The Morgan fingerprint density at radius 2 is 2.11 bits per heavy atom. The summed E-state index contributed by atoms with van der Waals surface area (Å²) in [6.45, 7) is 2.09. The largest absolute Gasteiger partial charge is 0.462 e. The first-order valence-corrected chi connectivity index (χ1v) is 6.70. The van der Waals surface area contributed by atoms with Gasteiger partial charge in [0.05, 0.1) is 12.3 Å². The van der Waals surface area contributed by atoms with Crippen molar-refractivity contribution in [3.8, 4) is 11.1 Å². The Bertz CT molecular complexity index is 580. The van der Waals surface area contributed by atoms with E-state index in [9.17, 15) is 4.79 Å². The summed E-state index contributed by atoms with van der Waals surface area (Å²) in [5.74, 6) is -0.390. The molecule has 1 heterocycles. The second-order valence-electron chi connectivity index (χ2n) is 3.59. The Balaban J connectivity index is 2.43. The summed E-state index contributed by atoms with van der Waals surface area (Å²) < 4.78 is 4.95. The first-order valence-electron chi connectivity index (χ1n) is 5.44. The van der Waals surface area contributed by atoms with E-state index in [1.165, 1.54) is 11.3 Å². The van der Waals surface area contributed by atoms with Crippen LogP contribution in [0.25, 0.3) is 11.1 Å². The maximum absolute atomic E-state index is 11.7. The molecule has 0 bridgehead atoms. The van der Waals surface area contributed by atoms with Gasteiger partial charge >= 0.3 is 5.97 Å². The van der Waals surface area contributed by atoms with Crippen molar-refractivity contribution in [1.29, 1.82) is 0 Å². The second-order valence-corrected chi connectivity index (χ2v) is 4.88. The average molecular weight is 282 g/mol. The van der Waals surface area contributed by atoms with Crippen LogP contribution in [-0.4, -0.2) is 12.6 Å². The van der Waals surface area contributed by atoms with Gasteiger partial charge in [-0.3, -0.25) is 0 Å². The second kappa shape index (κ2) is 5.42. The molecule has 0 fully saturated rings. The molecule has 0 radical (unpaired) electrons. The highest BCUT2D eigenvalue weighted by Gasteiger charge is 2.18. The molecular weight excluding hydrogens is 270 g/mol. The maximum atomic E-state index is 11.7. The summed E-state index contributed by atoms with van der Waals surface area (Å²) in [5, 5.41) is 2.43. The van der Waals surface area contributed by atoms with Gasteiger partial charge in [0.2, 0.25) is 0 Å². The van der Waals surface area contributed by atoms with Crippen molar-refractivity contribution < 1.29 is 9.53 Å². The number of thiophene rings is 1. The molecule has 3 nitrogen and oxygen atoms in total. The van der Waals surface area contributed by atoms with Crippen LogP contribution in [0.2, 0.25) is 5.02 Å². The van der Waals surface area contributed by atoms with E-state index in [0.717, 1.165) is 11.1 Å². The molecule has 2 aromatic rings. The topological polar surface area (TPSA) is 52.3 Å². The number of carbonyl (C=O) groups is 1. The molecule has 0 saturated carbocycles. The highest BCUT2D eigenvalue weighted by atomic mass is 35.5. The van der Waals surface area contributed by atoms with Crippen molar-refractivity contribution >= 4 is 34.6 Å². The number of anilines is 1. The molecule has 0 spiro atoms. The minimum absolute atomic E-state index is 0.331. The lowest BCUT2D eigenvalue weighted by atomic mass is 10.1. The van der Waals surface area contributed by atoms with Gasteiger partial charge in [0, 0.05) is 21.5 Å². The third kappa shape index (κ3) is 2.35. The number of ether oxygens (including phenoxy) is 1. The zero-order valence-corrected chi connectivity index (χ0v) is 11.3. The normalized spacial score (nSPS) is 10.3. The van der Waals surface area contributed by atoms with Crippen molar-refractivity contribution in [2.75, 3.05) is 12.3 Å². The van der Waals surface area contributed by atoms with Crippen LogP contribution < -0.4 is 5.73 Å². The van der Waals surface area contributed by atoms with Crippen LogP contribution in [0, 0.1) is 0 Å². The highest BCUT2D eigenvalue weighted by molar-refractivity contribution is 7.13. The van der Waals surface area contributed by atoms with Gasteiger partial charge < -0.3 is 10.5 Å². The van der Waals surface area contributed by atoms with E-state index in [1.807, 2.05) is 23.6 Å². The molecule has 0 aliphatic heterocycles. The number of carbonyl (C=O) groups excluding carboxylic acids is 1. The third-order valence-corrected chi connectivity index (χ3v) is 3.76. The van der Waals surface area contributed by atoms with Crippen molar-refractivity contribution in [2.24, 2.45) is 0 Å². The number of halogens is 1. The zero-order valence-electron chi connectivity index (χ0n) is 9.77. The molecule has 0 unspecified atom stereocenters. The number of nitrogen functional groups attached to an aromatic ring is 1. The SMILES string of the molecule is CCOC(=O)c1scc(-c2ccccc2Cl)c1N. The van der Waals surface area contributed by atoms with Crippen LogP contribution >= 0.6 is 22.9 Å². The summed E-state index contributed by atoms with van der Waals surface area (Å²) in [5.41, 5.74) is 8.00. The van der Waals surface area contributed by atoms with Crippen molar-refractivity contribution in [3.05, 3.63) is 39.5 Å². The van der Waals surface area contributed by atoms with Gasteiger partial charge in [-0.2, -0.15) is 0 Å². The molecule has 0 saturated heterocycles. The predicted molar refractivity (Wildman–Crippen MR) is 75.1 cm³/mol. The fourth-order valence-electron chi connectivity index (χ4n) is 1.61. The number of hydrogen-bond acceptors (Lipinski definition) is 4. The van der Waals surface area contributed by atoms with Crippen LogP contribution in [0.4, 0.5) is 5.69 Å². The Hall–Kier alpha value is -1.52. The van der Waals surface area contributed by atoms with Crippen molar-refractivity contribution in [1.82, 2.24) is 0 Å². The summed E-state index contributed by atoms with van der Waals surface area (Å²) >= 11 is 7.38. The fourth-order valence-corrected chi connectivity index (χ4v) is 2.73. The molecular formula is C13H12ClNO2S. The van der Waals surface area contributed by atoms with E-state index >= 15 is 0 Å². The smallest absolute Gasteiger partial charge is 0.350 e. The third-order valence-electron chi connectivity index (χ3n) is 2.45. The first-order chi connectivity index (χ1) is 8.65. The van der Waals surface area contributed by atoms with Gasteiger partial charge in [0.1, 0.15) is 4.88 Å².